The zero-order valence-electron chi connectivity index (χ0n) is 24.6. The molecule has 1 radical (unpaired) electrons. The zero-order chi connectivity index (χ0) is 23.5. The minimum atomic E-state index is -0.135. The summed E-state index contributed by atoms with van der Waals surface area (Å²) >= 11 is 0. The fourth-order valence-corrected chi connectivity index (χ4v) is 5.49. The molecule has 36 heavy (non-hydrogen) atoms. The molecule has 1 aliphatic carbocycles. The SMILES string of the molecule is CCC1(CC)c2ccccc2-c2ccc(-c3cc(C(C)(C)C)cc(C(C)(C)C)c3O)cc21.[CH3-].[CH3-].[CH3-].[Ti+3]. The van der Waals surface area contributed by atoms with Crippen LogP contribution < -0.4 is 0 Å². The van der Waals surface area contributed by atoms with E-state index in [9.17, 15) is 5.11 Å². The predicted octanol–water partition coefficient (Wildman–Crippen LogP) is 10.1. The van der Waals surface area contributed by atoms with Crippen LogP contribution in [0.15, 0.2) is 54.6 Å². The van der Waals surface area contributed by atoms with Crippen molar-refractivity contribution in [2.75, 3.05) is 0 Å². The van der Waals surface area contributed by atoms with Gasteiger partial charge in [0, 0.05) is 16.5 Å². The third kappa shape index (κ3) is 5.39. The second-order valence-electron chi connectivity index (χ2n) is 11.5. The van der Waals surface area contributed by atoms with Crippen LogP contribution >= 0.6 is 0 Å². The van der Waals surface area contributed by atoms with Crippen molar-refractivity contribution in [2.45, 2.75) is 84.5 Å². The standard InChI is InChI=1S/C31H38O.3CH3.Ti/c1-9-31(10-2)25-14-12-11-13-22(25)23-16-15-20(17-26(23)31)24-18-21(29(3,4)5)19-27(28(24)32)30(6,7)8;;;;/h11-19,32H,9-10H2,1-8H3;3*1H3;/q;3*-1;+3. The normalized spacial score (nSPS) is 13.2. The molecule has 2 heteroatoms. The van der Waals surface area contributed by atoms with E-state index in [4.69, 9.17) is 0 Å². The Bertz CT molecular complexity index is 1170. The van der Waals surface area contributed by atoms with E-state index in [0.717, 1.165) is 29.5 Å². The van der Waals surface area contributed by atoms with Crippen molar-refractivity contribution < 1.29 is 26.8 Å². The van der Waals surface area contributed by atoms with Gasteiger partial charge in [0.2, 0.25) is 0 Å². The molecule has 0 bridgehead atoms. The number of hydrogen-bond acceptors (Lipinski definition) is 1. The van der Waals surface area contributed by atoms with Gasteiger partial charge in [-0.2, -0.15) is 0 Å². The van der Waals surface area contributed by atoms with E-state index in [-0.39, 0.29) is 60.2 Å². The maximum atomic E-state index is 11.4. The second kappa shape index (κ2) is 11.7. The Hall–Kier alpha value is -1.83. The van der Waals surface area contributed by atoms with Crippen molar-refractivity contribution in [1.29, 1.82) is 0 Å². The van der Waals surface area contributed by atoms with Crippen LogP contribution in [0.4, 0.5) is 0 Å². The summed E-state index contributed by atoms with van der Waals surface area (Å²) in [5, 5.41) is 11.4. The maximum Gasteiger partial charge on any atom is 3.00 e. The van der Waals surface area contributed by atoms with E-state index in [1.54, 1.807) is 0 Å². The van der Waals surface area contributed by atoms with Gasteiger partial charge in [0.15, 0.2) is 0 Å². The molecule has 3 aromatic rings. The number of fused-ring (bicyclic) bond motifs is 3. The van der Waals surface area contributed by atoms with Gasteiger partial charge in [-0.3, -0.25) is 0 Å². The molecule has 0 amide bonds. The van der Waals surface area contributed by atoms with Crippen LogP contribution in [0.25, 0.3) is 22.3 Å². The maximum absolute atomic E-state index is 11.4. The van der Waals surface area contributed by atoms with Crippen molar-refractivity contribution in [1.82, 2.24) is 0 Å². The molecule has 1 nitrogen and oxygen atoms in total. The van der Waals surface area contributed by atoms with Gasteiger partial charge in [0.1, 0.15) is 5.75 Å². The first kappa shape index (κ1) is 34.2. The smallest absolute Gasteiger partial charge is 0.507 e. The molecule has 0 aromatic heterocycles. The first-order valence-corrected chi connectivity index (χ1v) is 12.1. The van der Waals surface area contributed by atoms with Crippen LogP contribution in [0.2, 0.25) is 0 Å². The Morgan fingerprint density at radius 2 is 1.22 bits per heavy atom. The molecule has 3 aromatic carbocycles. The molecule has 0 spiro atoms. The van der Waals surface area contributed by atoms with Gasteiger partial charge in [-0.05, 0) is 69.2 Å². The van der Waals surface area contributed by atoms with Gasteiger partial charge in [-0.1, -0.05) is 97.9 Å². The van der Waals surface area contributed by atoms with Crippen LogP contribution in [-0.4, -0.2) is 5.11 Å². The van der Waals surface area contributed by atoms with E-state index in [2.05, 4.69) is 110 Å². The fourth-order valence-electron chi connectivity index (χ4n) is 5.49. The molecule has 1 N–H and O–H groups in total. The van der Waals surface area contributed by atoms with Crippen molar-refractivity contribution in [3.05, 3.63) is 99.1 Å². The van der Waals surface area contributed by atoms with Gasteiger partial charge in [0.25, 0.3) is 0 Å². The van der Waals surface area contributed by atoms with Gasteiger partial charge in [0.05, 0.1) is 0 Å². The van der Waals surface area contributed by atoms with Crippen LogP contribution in [0.5, 0.6) is 5.75 Å². The molecule has 0 fully saturated rings. The summed E-state index contributed by atoms with van der Waals surface area (Å²) in [6.45, 7) is 17.9. The van der Waals surface area contributed by atoms with E-state index in [1.807, 2.05) is 0 Å². The zero-order valence-corrected chi connectivity index (χ0v) is 26.1. The molecule has 0 saturated heterocycles. The number of phenols is 1. The number of hydrogen-bond donors (Lipinski definition) is 1. The molecule has 0 aliphatic heterocycles. The molecule has 0 heterocycles. The van der Waals surface area contributed by atoms with Crippen LogP contribution in [0, 0.1) is 22.3 Å². The first-order valence-electron chi connectivity index (χ1n) is 12.1. The molecule has 0 unspecified atom stereocenters. The summed E-state index contributed by atoms with van der Waals surface area (Å²) in [6.07, 6.45) is 2.14. The summed E-state index contributed by atoms with van der Waals surface area (Å²) in [5.74, 6) is 0.416. The number of aromatic hydroxyl groups is 1. The first-order chi connectivity index (χ1) is 14.9. The van der Waals surface area contributed by atoms with Gasteiger partial charge in [-0.15, -0.1) is 0 Å². The Labute approximate surface area is 237 Å². The third-order valence-electron chi connectivity index (χ3n) is 7.57. The summed E-state index contributed by atoms with van der Waals surface area (Å²) in [6, 6.07) is 20.1. The minimum Gasteiger partial charge on any atom is -0.507 e. The van der Waals surface area contributed by atoms with Crippen LogP contribution in [0.1, 0.15) is 90.5 Å². The minimum absolute atomic E-state index is 0. The fraction of sp³-hybridized carbons (Fsp3) is 0.382. The van der Waals surface area contributed by atoms with E-state index in [1.165, 1.54) is 27.8 Å². The van der Waals surface area contributed by atoms with Crippen molar-refractivity contribution in [2.24, 2.45) is 0 Å². The monoisotopic (exact) mass is 519 g/mol. The van der Waals surface area contributed by atoms with Crippen molar-refractivity contribution >= 4 is 0 Å². The molecule has 0 atom stereocenters. The third-order valence-corrected chi connectivity index (χ3v) is 7.57. The summed E-state index contributed by atoms with van der Waals surface area (Å²) in [5.41, 5.74) is 9.79. The number of benzene rings is 3. The quantitative estimate of drug-likeness (QED) is 0.270. The Kier molecular flexibility index (Phi) is 11.1. The van der Waals surface area contributed by atoms with Gasteiger partial charge in [-0.25, -0.2) is 0 Å². The summed E-state index contributed by atoms with van der Waals surface area (Å²) < 4.78 is 0. The molecular formula is C34H47OTi. The van der Waals surface area contributed by atoms with E-state index >= 15 is 0 Å². The molecule has 4 rings (SSSR count). The predicted molar refractivity (Wildman–Crippen MR) is 157 cm³/mol. The van der Waals surface area contributed by atoms with Crippen molar-refractivity contribution in [3.63, 3.8) is 0 Å². The molecule has 193 valence electrons. The Morgan fingerprint density at radius 1 is 0.667 bits per heavy atom. The average Bonchev–Trinajstić information content (AvgIpc) is 3.01. The van der Waals surface area contributed by atoms with Crippen molar-refractivity contribution in [3.8, 4) is 28.0 Å². The van der Waals surface area contributed by atoms with Gasteiger partial charge >= 0.3 is 21.7 Å². The largest absolute Gasteiger partial charge is 3.00 e. The van der Waals surface area contributed by atoms with Crippen LogP contribution in [-0.2, 0) is 38.0 Å². The number of rotatable bonds is 3. The number of phenolic OH excluding ortho intramolecular Hbond substituents is 1. The molecular weight excluding hydrogens is 472 g/mol. The van der Waals surface area contributed by atoms with Crippen LogP contribution in [0.3, 0.4) is 0 Å². The molecule has 1 aliphatic rings. The molecule has 0 saturated carbocycles. The summed E-state index contributed by atoms with van der Waals surface area (Å²) in [4.78, 5) is 0. The summed E-state index contributed by atoms with van der Waals surface area (Å²) in [7, 11) is 0. The Morgan fingerprint density at radius 3 is 1.75 bits per heavy atom. The second-order valence-corrected chi connectivity index (χ2v) is 11.5. The Balaban J connectivity index is 0.00000306. The van der Waals surface area contributed by atoms with Gasteiger partial charge < -0.3 is 27.4 Å². The average molecular weight is 520 g/mol. The topological polar surface area (TPSA) is 20.2 Å². The van der Waals surface area contributed by atoms with E-state index < -0.39 is 0 Å². The van der Waals surface area contributed by atoms with E-state index in [0.29, 0.717) is 5.75 Å².